The molecule has 1 N–H and O–H groups in total. The van der Waals surface area contributed by atoms with E-state index in [0.29, 0.717) is 0 Å². The quantitative estimate of drug-likeness (QED) is 0.700. The molecule has 0 unspecified atom stereocenters. The van der Waals surface area contributed by atoms with Crippen molar-refractivity contribution in [3.63, 3.8) is 0 Å². The average molecular weight is 253 g/mol. The summed E-state index contributed by atoms with van der Waals surface area (Å²) in [5.74, 6) is 0. The van der Waals surface area contributed by atoms with E-state index in [0.717, 1.165) is 6.04 Å². The Labute approximate surface area is 113 Å². The molecule has 0 aromatic rings. The first-order chi connectivity index (χ1) is 8.88. The SMILES string of the molecule is CCCN1CCN(CCCNC2CCCC2)CC1. The highest BCUT2D eigenvalue weighted by Crippen LogP contribution is 2.17. The summed E-state index contributed by atoms with van der Waals surface area (Å²) >= 11 is 0. The Hall–Kier alpha value is -0.120. The zero-order valence-corrected chi connectivity index (χ0v) is 12.2. The summed E-state index contributed by atoms with van der Waals surface area (Å²) in [5.41, 5.74) is 0. The van der Waals surface area contributed by atoms with Gasteiger partial charge in [-0.2, -0.15) is 0 Å². The van der Waals surface area contributed by atoms with E-state index >= 15 is 0 Å². The molecule has 3 heteroatoms. The number of hydrogen-bond acceptors (Lipinski definition) is 3. The molecule has 1 aliphatic carbocycles. The van der Waals surface area contributed by atoms with Crippen LogP contribution in [0.2, 0.25) is 0 Å². The minimum Gasteiger partial charge on any atom is -0.314 e. The number of nitrogens with zero attached hydrogens (tertiary/aromatic N) is 2. The van der Waals surface area contributed by atoms with Gasteiger partial charge in [-0.3, -0.25) is 0 Å². The highest BCUT2D eigenvalue weighted by atomic mass is 15.3. The van der Waals surface area contributed by atoms with E-state index in [-0.39, 0.29) is 0 Å². The van der Waals surface area contributed by atoms with Gasteiger partial charge in [-0.25, -0.2) is 0 Å². The van der Waals surface area contributed by atoms with E-state index in [2.05, 4.69) is 22.0 Å². The zero-order chi connectivity index (χ0) is 12.6. The lowest BCUT2D eigenvalue weighted by atomic mass is 10.2. The van der Waals surface area contributed by atoms with Crippen LogP contribution in [0.25, 0.3) is 0 Å². The van der Waals surface area contributed by atoms with Gasteiger partial charge in [0.15, 0.2) is 0 Å². The van der Waals surface area contributed by atoms with Crippen LogP contribution in [0.4, 0.5) is 0 Å². The molecule has 18 heavy (non-hydrogen) atoms. The van der Waals surface area contributed by atoms with Crippen molar-refractivity contribution in [2.45, 2.75) is 51.5 Å². The minimum absolute atomic E-state index is 0.839. The van der Waals surface area contributed by atoms with Crippen LogP contribution in [0.15, 0.2) is 0 Å². The molecule has 0 aromatic carbocycles. The summed E-state index contributed by atoms with van der Waals surface area (Å²) in [6.45, 7) is 11.2. The molecule has 1 heterocycles. The first-order valence-corrected chi connectivity index (χ1v) is 8.06. The monoisotopic (exact) mass is 253 g/mol. The van der Waals surface area contributed by atoms with Gasteiger partial charge in [0.25, 0.3) is 0 Å². The van der Waals surface area contributed by atoms with Crippen molar-refractivity contribution in [2.24, 2.45) is 0 Å². The number of nitrogens with one attached hydrogen (secondary N) is 1. The van der Waals surface area contributed by atoms with Crippen molar-refractivity contribution >= 4 is 0 Å². The van der Waals surface area contributed by atoms with Gasteiger partial charge in [-0.15, -0.1) is 0 Å². The number of hydrogen-bond donors (Lipinski definition) is 1. The highest BCUT2D eigenvalue weighted by Gasteiger charge is 2.16. The molecule has 106 valence electrons. The molecule has 3 nitrogen and oxygen atoms in total. The lowest BCUT2D eigenvalue weighted by Crippen LogP contribution is -2.47. The predicted octanol–water partition coefficient (Wildman–Crippen LogP) is 1.94. The standard InChI is InChI=1S/C15H31N3/c1-2-9-17-11-13-18(14-12-17)10-5-8-16-15-6-3-4-7-15/h15-16H,2-14H2,1H3. The van der Waals surface area contributed by atoms with E-state index in [4.69, 9.17) is 0 Å². The largest absolute Gasteiger partial charge is 0.314 e. The Morgan fingerprint density at radius 1 is 0.944 bits per heavy atom. The van der Waals surface area contributed by atoms with Crippen LogP contribution in [-0.2, 0) is 0 Å². The molecule has 0 amide bonds. The smallest absolute Gasteiger partial charge is 0.0110 e. The maximum absolute atomic E-state index is 3.71. The van der Waals surface area contributed by atoms with E-state index in [1.165, 1.54) is 84.3 Å². The summed E-state index contributed by atoms with van der Waals surface area (Å²) in [6, 6.07) is 0.839. The van der Waals surface area contributed by atoms with Crippen LogP contribution in [0.1, 0.15) is 45.4 Å². The third-order valence-corrected chi connectivity index (χ3v) is 4.44. The molecule has 0 bridgehead atoms. The van der Waals surface area contributed by atoms with Gasteiger partial charge in [-0.05, 0) is 45.3 Å². The molecular weight excluding hydrogens is 222 g/mol. The fourth-order valence-electron chi connectivity index (χ4n) is 3.29. The topological polar surface area (TPSA) is 18.5 Å². The van der Waals surface area contributed by atoms with Crippen molar-refractivity contribution in [3.8, 4) is 0 Å². The highest BCUT2D eigenvalue weighted by molar-refractivity contribution is 4.75. The average Bonchev–Trinajstić information content (AvgIpc) is 2.90. The predicted molar refractivity (Wildman–Crippen MR) is 78.0 cm³/mol. The van der Waals surface area contributed by atoms with Crippen LogP contribution >= 0.6 is 0 Å². The fourth-order valence-corrected chi connectivity index (χ4v) is 3.29. The molecule has 2 aliphatic rings. The minimum atomic E-state index is 0.839. The molecule has 0 aromatic heterocycles. The van der Waals surface area contributed by atoms with Gasteiger partial charge in [-0.1, -0.05) is 19.8 Å². The van der Waals surface area contributed by atoms with Crippen LogP contribution in [0.5, 0.6) is 0 Å². The maximum atomic E-state index is 3.71. The first kappa shape index (κ1) is 14.3. The van der Waals surface area contributed by atoms with Crippen molar-refractivity contribution in [1.82, 2.24) is 15.1 Å². The van der Waals surface area contributed by atoms with Crippen molar-refractivity contribution in [2.75, 3.05) is 45.8 Å². The second-order valence-corrected chi connectivity index (χ2v) is 5.97. The van der Waals surface area contributed by atoms with Crippen molar-refractivity contribution < 1.29 is 0 Å². The zero-order valence-electron chi connectivity index (χ0n) is 12.2. The first-order valence-electron chi connectivity index (χ1n) is 8.06. The van der Waals surface area contributed by atoms with Crippen LogP contribution < -0.4 is 5.32 Å². The third kappa shape index (κ3) is 4.87. The van der Waals surface area contributed by atoms with Gasteiger partial charge in [0.1, 0.15) is 0 Å². The molecule has 0 atom stereocenters. The number of rotatable bonds is 7. The second kappa shape index (κ2) is 8.13. The van der Waals surface area contributed by atoms with Gasteiger partial charge in [0, 0.05) is 32.2 Å². The third-order valence-electron chi connectivity index (χ3n) is 4.44. The Bertz CT molecular complexity index is 206. The van der Waals surface area contributed by atoms with E-state index < -0.39 is 0 Å². The molecule has 1 saturated heterocycles. The van der Waals surface area contributed by atoms with E-state index in [1.54, 1.807) is 0 Å². The van der Waals surface area contributed by atoms with Crippen molar-refractivity contribution in [1.29, 1.82) is 0 Å². The molecule has 0 radical (unpaired) electrons. The number of piperazine rings is 1. The molecule has 2 fully saturated rings. The lowest BCUT2D eigenvalue weighted by molar-refractivity contribution is 0.131. The molecule has 0 spiro atoms. The molecular formula is C15H31N3. The molecule has 1 saturated carbocycles. The molecule has 2 rings (SSSR count). The second-order valence-electron chi connectivity index (χ2n) is 5.97. The van der Waals surface area contributed by atoms with Gasteiger partial charge < -0.3 is 15.1 Å². The normalized spacial score (nSPS) is 23.8. The van der Waals surface area contributed by atoms with E-state index in [9.17, 15) is 0 Å². The Kier molecular flexibility index (Phi) is 6.46. The lowest BCUT2D eigenvalue weighted by Gasteiger charge is -2.34. The van der Waals surface area contributed by atoms with E-state index in [1.807, 2.05) is 0 Å². The summed E-state index contributed by atoms with van der Waals surface area (Å²) in [7, 11) is 0. The maximum Gasteiger partial charge on any atom is 0.0110 e. The van der Waals surface area contributed by atoms with Crippen LogP contribution in [0.3, 0.4) is 0 Å². The van der Waals surface area contributed by atoms with Gasteiger partial charge in [0.05, 0.1) is 0 Å². The Balaban J connectivity index is 1.47. The summed E-state index contributed by atoms with van der Waals surface area (Å²) < 4.78 is 0. The van der Waals surface area contributed by atoms with Gasteiger partial charge >= 0.3 is 0 Å². The Morgan fingerprint density at radius 2 is 1.56 bits per heavy atom. The summed E-state index contributed by atoms with van der Waals surface area (Å²) in [5, 5.41) is 3.71. The van der Waals surface area contributed by atoms with Crippen LogP contribution in [-0.4, -0.2) is 61.7 Å². The Morgan fingerprint density at radius 3 is 2.17 bits per heavy atom. The fraction of sp³-hybridized carbons (Fsp3) is 1.00. The van der Waals surface area contributed by atoms with Crippen LogP contribution in [0, 0.1) is 0 Å². The van der Waals surface area contributed by atoms with Gasteiger partial charge in [0.2, 0.25) is 0 Å². The summed E-state index contributed by atoms with van der Waals surface area (Å²) in [6.07, 6.45) is 8.33. The van der Waals surface area contributed by atoms with Crippen molar-refractivity contribution in [3.05, 3.63) is 0 Å². The summed E-state index contributed by atoms with van der Waals surface area (Å²) in [4.78, 5) is 5.25. The molecule has 1 aliphatic heterocycles.